The second kappa shape index (κ2) is 14.9. The summed E-state index contributed by atoms with van der Waals surface area (Å²) in [5, 5.41) is 7.49. The minimum absolute atomic E-state index is 0.126. The molecule has 10 nitrogen and oxygen atoms in total. The van der Waals surface area contributed by atoms with Crippen molar-refractivity contribution in [2.45, 2.75) is 69.7 Å². The zero-order valence-corrected chi connectivity index (χ0v) is 28.2. The molecule has 47 heavy (non-hydrogen) atoms. The van der Waals surface area contributed by atoms with Crippen molar-refractivity contribution in [1.82, 2.24) is 30.6 Å². The molecule has 2 aromatic heterocycles. The van der Waals surface area contributed by atoms with E-state index in [1.165, 1.54) is 0 Å². The maximum absolute atomic E-state index is 11.5. The smallest absolute Gasteiger partial charge is 0.237 e. The summed E-state index contributed by atoms with van der Waals surface area (Å²) in [4.78, 5) is 30.4. The summed E-state index contributed by atoms with van der Waals surface area (Å²) in [5.74, 6) is 1.03. The van der Waals surface area contributed by atoms with Crippen molar-refractivity contribution in [3.05, 3.63) is 70.2 Å². The summed E-state index contributed by atoms with van der Waals surface area (Å²) in [7, 11) is 4.92. The molecule has 12 heteroatoms. The number of ether oxygens (including phenoxy) is 3. The molecule has 0 unspecified atom stereocenters. The minimum atomic E-state index is 0.126. The number of aromatic nitrogens is 4. The van der Waals surface area contributed by atoms with E-state index in [-0.39, 0.29) is 11.9 Å². The number of halogens is 2. The van der Waals surface area contributed by atoms with E-state index in [1.807, 2.05) is 36.4 Å². The van der Waals surface area contributed by atoms with E-state index in [1.54, 1.807) is 33.7 Å². The number of benzene rings is 2. The topological polar surface area (TPSA) is 120 Å². The Balaban J connectivity index is 1.21. The van der Waals surface area contributed by atoms with Gasteiger partial charge in [-0.3, -0.25) is 14.8 Å². The van der Waals surface area contributed by atoms with Gasteiger partial charge >= 0.3 is 0 Å². The minimum Gasteiger partial charge on any atom is -0.480 e. The Kier molecular flexibility index (Phi) is 10.5. The molecule has 6 rings (SSSR count). The van der Waals surface area contributed by atoms with E-state index in [9.17, 15) is 4.79 Å². The van der Waals surface area contributed by atoms with Crippen molar-refractivity contribution in [3.8, 4) is 45.4 Å². The number of aryl methyl sites for hydroxylation is 1. The van der Waals surface area contributed by atoms with Crippen molar-refractivity contribution in [2.24, 2.45) is 0 Å². The van der Waals surface area contributed by atoms with Gasteiger partial charge in [0.2, 0.25) is 17.7 Å². The zero-order valence-electron chi connectivity index (χ0n) is 26.7. The van der Waals surface area contributed by atoms with Gasteiger partial charge in [-0.1, -0.05) is 59.6 Å². The molecule has 0 bridgehead atoms. The van der Waals surface area contributed by atoms with Crippen LogP contribution in [0, 0.1) is 0 Å². The molecule has 1 aliphatic carbocycles. The first-order valence-corrected chi connectivity index (χ1v) is 16.6. The summed E-state index contributed by atoms with van der Waals surface area (Å²) in [6.07, 6.45) is 9.64. The third kappa shape index (κ3) is 7.36. The Labute approximate surface area is 284 Å². The maximum atomic E-state index is 11.5. The molecular formula is C35H38Cl2N6O4. The molecule has 246 valence electrons. The van der Waals surface area contributed by atoms with Crippen molar-refractivity contribution in [3.63, 3.8) is 0 Å². The quantitative estimate of drug-likeness (QED) is 0.164. The van der Waals surface area contributed by atoms with Crippen molar-refractivity contribution >= 4 is 29.1 Å². The molecule has 2 fully saturated rings. The summed E-state index contributed by atoms with van der Waals surface area (Å²) in [5.41, 5.74) is 5.58. The molecule has 1 aliphatic heterocycles. The average molecular weight is 678 g/mol. The molecule has 1 amide bonds. The van der Waals surface area contributed by atoms with Crippen LogP contribution in [-0.2, 0) is 22.5 Å². The summed E-state index contributed by atoms with van der Waals surface area (Å²) in [6.45, 7) is 0.544. The number of rotatable bonds is 13. The fourth-order valence-electron chi connectivity index (χ4n) is 6.12. The Bertz CT molecular complexity index is 1750. The van der Waals surface area contributed by atoms with Crippen LogP contribution in [0.15, 0.2) is 48.8 Å². The number of nitrogens with one attached hydrogen (secondary N) is 2. The first-order valence-electron chi connectivity index (χ1n) is 15.8. The highest BCUT2D eigenvalue weighted by molar-refractivity contribution is 6.39. The molecule has 1 atom stereocenters. The van der Waals surface area contributed by atoms with Gasteiger partial charge in [-0.15, -0.1) is 0 Å². The molecule has 2 N–H and O–H groups in total. The Morgan fingerprint density at radius 1 is 0.851 bits per heavy atom. The number of nitrogens with zero attached hydrogens (tertiary/aromatic N) is 4. The third-order valence-electron chi connectivity index (χ3n) is 8.89. The fourth-order valence-corrected chi connectivity index (χ4v) is 6.77. The zero-order chi connectivity index (χ0) is 32.9. The number of carbonyl (C=O) groups excluding carboxylic acids is 1. The van der Waals surface area contributed by atoms with Gasteiger partial charge in [-0.25, -0.2) is 9.97 Å². The highest BCUT2D eigenvalue weighted by Gasteiger charge is 2.29. The summed E-state index contributed by atoms with van der Waals surface area (Å²) >= 11 is 14.1. The van der Waals surface area contributed by atoms with Crippen LogP contribution in [-0.4, -0.2) is 65.4 Å². The molecule has 2 aliphatic rings. The highest BCUT2D eigenvalue weighted by atomic mass is 35.5. The highest BCUT2D eigenvalue weighted by Crippen LogP contribution is 2.42. The molecular weight excluding hydrogens is 639 g/mol. The number of hydrogen-bond acceptors (Lipinski definition) is 9. The lowest BCUT2D eigenvalue weighted by Crippen LogP contribution is -2.44. The lowest BCUT2D eigenvalue weighted by molar-refractivity contribution is -0.119. The van der Waals surface area contributed by atoms with E-state index >= 15 is 0 Å². The number of carbonyl (C=O) groups is 1. The normalized spacial score (nSPS) is 18.9. The van der Waals surface area contributed by atoms with E-state index < -0.39 is 0 Å². The molecule has 3 heterocycles. The van der Waals surface area contributed by atoms with Crippen LogP contribution in [0.25, 0.3) is 33.6 Å². The van der Waals surface area contributed by atoms with Gasteiger partial charge in [0.15, 0.2) is 0 Å². The van der Waals surface area contributed by atoms with Crippen LogP contribution in [0.2, 0.25) is 10.0 Å². The van der Waals surface area contributed by atoms with Crippen LogP contribution in [0.1, 0.15) is 49.9 Å². The van der Waals surface area contributed by atoms with E-state index in [2.05, 4.69) is 20.6 Å². The second-order valence-electron chi connectivity index (χ2n) is 11.9. The van der Waals surface area contributed by atoms with Gasteiger partial charge in [-0.2, -0.15) is 0 Å². The monoisotopic (exact) mass is 676 g/mol. The predicted octanol–water partition coefficient (Wildman–Crippen LogP) is 6.46. The summed E-state index contributed by atoms with van der Waals surface area (Å²) < 4.78 is 16.6. The van der Waals surface area contributed by atoms with Crippen molar-refractivity contribution < 1.29 is 19.0 Å². The molecule has 2 aromatic carbocycles. The summed E-state index contributed by atoms with van der Waals surface area (Å²) in [6, 6.07) is 12.1. The Morgan fingerprint density at radius 2 is 1.43 bits per heavy atom. The van der Waals surface area contributed by atoms with Gasteiger partial charge in [0.25, 0.3) is 0 Å². The van der Waals surface area contributed by atoms with Crippen LogP contribution in [0.4, 0.5) is 0 Å². The lowest BCUT2D eigenvalue weighted by atomic mass is 9.89. The van der Waals surface area contributed by atoms with E-state index in [0.717, 1.165) is 54.6 Å². The molecule has 0 radical (unpaired) electrons. The first-order chi connectivity index (χ1) is 22.9. The van der Waals surface area contributed by atoms with E-state index in [0.29, 0.717) is 75.9 Å². The number of hydrogen-bond donors (Lipinski definition) is 2. The predicted molar refractivity (Wildman–Crippen MR) is 182 cm³/mol. The van der Waals surface area contributed by atoms with Crippen molar-refractivity contribution in [1.29, 1.82) is 0 Å². The van der Waals surface area contributed by atoms with Crippen LogP contribution < -0.4 is 20.1 Å². The molecule has 1 saturated carbocycles. The third-order valence-corrected chi connectivity index (χ3v) is 9.70. The number of methoxy groups -OCH3 is 3. The Hall–Kier alpha value is -3.83. The largest absolute Gasteiger partial charge is 0.480 e. The van der Waals surface area contributed by atoms with Gasteiger partial charge in [0.1, 0.15) is 11.4 Å². The first kappa shape index (κ1) is 33.1. The van der Waals surface area contributed by atoms with Gasteiger partial charge in [0.05, 0.1) is 54.2 Å². The Morgan fingerprint density at radius 3 is 1.98 bits per heavy atom. The maximum Gasteiger partial charge on any atom is 0.237 e. The fraction of sp³-hybridized carbons (Fsp3) is 0.400. The SMILES string of the molecule is COc1nc(-c2cccc(-c3cccc(-c4cnc(CNC5CC(OC)C5)c(OC)n4)c3Cl)c2Cl)cnc1CCC[C@@H]1CCC(=O)N1. The van der Waals surface area contributed by atoms with Gasteiger partial charge < -0.3 is 24.8 Å². The van der Waals surface area contributed by atoms with Crippen molar-refractivity contribution in [2.75, 3.05) is 21.3 Å². The van der Waals surface area contributed by atoms with Crippen LogP contribution in [0.5, 0.6) is 11.8 Å². The van der Waals surface area contributed by atoms with Gasteiger partial charge in [0, 0.05) is 54.4 Å². The number of amides is 1. The standard InChI is InChI=1S/C35H38Cl2N6O4/c1-45-22-15-21(16-22)38-19-30-35(47-3)43-29(18-40-30)26-11-6-9-24(33(26)37)23-8-5-10-25(32(23)36)28-17-39-27(34(42-28)46-2)12-4-7-20-13-14-31(44)41-20/h5-6,8-11,17-18,20-22,38H,4,7,12-16,19H2,1-3H3,(H,41,44)/t20-,21?,22?/m1/s1. The molecule has 0 spiro atoms. The molecule has 4 aromatic rings. The van der Waals surface area contributed by atoms with Gasteiger partial charge in [-0.05, 0) is 38.5 Å². The lowest BCUT2D eigenvalue weighted by Gasteiger charge is -2.34. The van der Waals surface area contributed by atoms with Crippen LogP contribution >= 0.6 is 23.2 Å². The average Bonchev–Trinajstić information content (AvgIpc) is 3.49. The second-order valence-corrected chi connectivity index (χ2v) is 12.6. The molecule has 1 saturated heterocycles. The van der Waals surface area contributed by atoms with Crippen LogP contribution in [0.3, 0.4) is 0 Å². The van der Waals surface area contributed by atoms with E-state index in [4.69, 9.17) is 47.4 Å².